The van der Waals surface area contributed by atoms with Crippen molar-refractivity contribution in [1.29, 1.82) is 0 Å². The Morgan fingerprint density at radius 2 is 2.29 bits per heavy atom. The van der Waals surface area contributed by atoms with Crippen molar-refractivity contribution in [3.8, 4) is 5.75 Å². The van der Waals surface area contributed by atoms with E-state index in [0.29, 0.717) is 17.9 Å². The van der Waals surface area contributed by atoms with Crippen molar-refractivity contribution in [2.45, 2.75) is 39.6 Å². The molecule has 1 aliphatic rings. The van der Waals surface area contributed by atoms with Crippen LogP contribution in [-0.2, 0) is 22.6 Å². The Labute approximate surface area is 99.4 Å². The van der Waals surface area contributed by atoms with E-state index in [1.54, 1.807) is 6.20 Å². The molecule has 0 amide bonds. The zero-order valence-corrected chi connectivity index (χ0v) is 10.1. The van der Waals surface area contributed by atoms with Crippen molar-refractivity contribution in [3.05, 3.63) is 23.0 Å². The fourth-order valence-corrected chi connectivity index (χ4v) is 1.81. The molecule has 2 heterocycles. The van der Waals surface area contributed by atoms with Gasteiger partial charge in [-0.25, -0.2) is 0 Å². The van der Waals surface area contributed by atoms with Crippen LogP contribution in [0.15, 0.2) is 6.20 Å². The molecule has 5 nitrogen and oxygen atoms in total. The second-order valence-electron chi connectivity index (χ2n) is 4.54. The summed E-state index contributed by atoms with van der Waals surface area (Å²) in [7, 11) is 0. The van der Waals surface area contributed by atoms with Crippen LogP contribution in [0.2, 0.25) is 0 Å². The fourth-order valence-electron chi connectivity index (χ4n) is 1.81. The number of rotatable bonds is 2. The lowest BCUT2D eigenvalue weighted by molar-refractivity contribution is -0.180. The van der Waals surface area contributed by atoms with Gasteiger partial charge in [0.25, 0.3) is 0 Å². The third-order valence-electron chi connectivity index (χ3n) is 2.66. The lowest BCUT2D eigenvalue weighted by Gasteiger charge is -2.34. The number of ether oxygens (including phenoxy) is 2. The van der Waals surface area contributed by atoms with Crippen LogP contribution < -0.4 is 4.74 Å². The molecule has 0 radical (unpaired) electrons. The molecule has 0 unspecified atom stereocenters. The number of fused-ring (bicyclic) bond motifs is 1. The first kappa shape index (κ1) is 11.9. The van der Waals surface area contributed by atoms with Gasteiger partial charge in [-0.3, -0.25) is 9.78 Å². The minimum atomic E-state index is -0.886. The SMILES string of the molecule is Cc1ncc(CC(=O)O)c2c1OC(C)(C)OC2. The van der Waals surface area contributed by atoms with Gasteiger partial charge in [-0.05, 0) is 12.5 Å². The molecule has 1 aromatic rings. The van der Waals surface area contributed by atoms with Crippen LogP contribution in [0.4, 0.5) is 0 Å². The van der Waals surface area contributed by atoms with Gasteiger partial charge in [0, 0.05) is 25.6 Å². The number of aryl methyl sites for hydroxylation is 1. The van der Waals surface area contributed by atoms with Gasteiger partial charge >= 0.3 is 5.97 Å². The molecule has 0 fully saturated rings. The maximum Gasteiger partial charge on any atom is 0.307 e. The molecule has 0 saturated carbocycles. The Morgan fingerprint density at radius 1 is 1.59 bits per heavy atom. The number of carboxylic acids is 1. The first-order valence-electron chi connectivity index (χ1n) is 5.41. The van der Waals surface area contributed by atoms with Gasteiger partial charge in [0.1, 0.15) is 5.75 Å². The Hall–Kier alpha value is -1.62. The number of nitrogens with zero attached hydrogens (tertiary/aromatic N) is 1. The number of carboxylic acid groups (broad SMARTS) is 1. The number of hydrogen-bond donors (Lipinski definition) is 1. The van der Waals surface area contributed by atoms with Gasteiger partial charge in [0.15, 0.2) is 0 Å². The molecule has 92 valence electrons. The molecule has 0 aliphatic carbocycles. The van der Waals surface area contributed by atoms with E-state index in [1.807, 2.05) is 20.8 Å². The summed E-state index contributed by atoms with van der Waals surface area (Å²) in [5, 5.41) is 8.83. The molecule has 1 aliphatic heterocycles. The summed E-state index contributed by atoms with van der Waals surface area (Å²) in [6.07, 6.45) is 1.51. The Morgan fingerprint density at radius 3 is 2.94 bits per heavy atom. The number of aliphatic carboxylic acids is 1. The van der Waals surface area contributed by atoms with Gasteiger partial charge in [-0.1, -0.05) is 0 Å². The Balaban J connectivity index is 2.44. The Bertz CT molecular complexity index is 468. The zero-order chi connectivity index (χ0) is 12.6. The predicted molar refractivity (Wildman–Crippen MR) is 59.8 cm³/mol. The largest absolute Gasteiger partial charge is 0.481 e. The molecule has 2 rings (SSSR count). The van der Waals surface area contributed by atoms with Gasteiger partial charge in [-0.2, -0.15) is 0 Å². The van der Waals surface area contributed by atoms with E-state index in [0.717, 1.165) is 11.3 Å². The number of aromatic nitrogens is 1. The van der Waals surface area contributed by atoms with Crippen LogP contribution in [0, 0.1) is 6.92 Å². The van der Waals surface area contributed by atoms with E-state index < -0.39 is 11.8 Å². The second-order valence-corrected chi connectivity index (χ2v) is 4.54. The van der Waals surface area contributed by atoms with Gasteiger partial charge in [0.2, 0.25) is 5.79 Å². The van der Waals surface area contributed by atoms with Gasteiger partial charge < -0.3 is 14.6 Å². The summed E-state index contributed by atoms with van der Waals surface area (Å²) in [4.78, 5) is 14.9. The summed E-state index contributed by atoms with van der Waals surface area (Å²) in [6.45, 7) is 5.83. The first-order valence-corrected chi connectivity index (χ1v) is 5.41. The Kier molecular flexibility index (Phi) is 2.79. The van der Waals surface area contributed by atoms with E-state index in [2.05, 4.69) is 4.98 Å². The molecule has 5 heteroatoms. The van der Waals surface area contributed by atoms with Crippen molar-refractivity contribution in [2.75, 3.05) is 0 Å². The number of hydrogen-bond acceptors (Lipinski definition) is 4. The highest BCUT2D eigenvalue weighted by molar-refractivity contribution is 5.71. The molecule has 17 heavy (non-hydrogen) atoms. The second kappa shape index (κ2) is 4.00. The van der Waals surface area contributed by atoms with Gasteiger partial charge in [-0.15, -0.1) is 0 Å². The van der Waals surface area contributed by atoms with E-state index in [1.165, 1.54) is 0 Å². The van der Waals surface area contributed by atoms with Crippen molar-refractivity contribution in [2.24, 2.45) is 0 Å². The average Bonchev–Trinajstić information content (AvgIpc) is 2.21. The lowest BCUT2D eigenvalue weighted by atomic mass is 10.0. The maximum atomic E-state index is 10.8. The normalized spacial score (nSPS) is 17.1. The maximum absolute atomic E-state index is 10.8. The minimum absolute atomic E-state index is 0.0667. The molecular weight excluding hydrogens is 222 g/mol. The smallest absolute Gasteiger partial charge is 0.307 e. The molecule has 1 aromatic heterocycles. The summed E-state index contributed by atoms with van der Waals surface area (Å²) in [5.74, 6) is -0.927. The zero-order valence-electron chi connectivity index (χ0n) is 10.1. The fraction of sp³-hybridized carbons (Fsp3) is 0.500. The predicted octanol–water partition coefficient (Wildman–Crippen LogP) is 1.66. The van der Waals surface area contributed by atoms with Crippen molar-refractivity contribution in [1.82, 2.24) is 4.98 Å². The quantitative estimate of drug-likeness (QED) is 0.847. The highest BCUT2D eigenvalue weighted by atomic mass is 16.7. The topological polar surface area (TPSA) is 68.7 Å². The lowest BCUT2D eigenvalue weighted by Crippen LogP contribution is -2.36. The van der Waals surface area contributed by atoms with E-state index in [4.69, 9.17) is 14.6 Å². The molecule has 0 saturated heterocycles. The van der Waals surface area contributed by atoms with Crippen LogP contribution in [0.25, 0.3) is 0 Å². The van der Waals surface area contributed by atoms with Crippen LogP contribution in [0.1, 0.15) is 30.7 Å². The third-order valence-corrected chi connectivity index (χ3v) is 2.66. The molecular formula is C12H15NO4. The number of pyridine rings is 1. The van der Waals surface area contributed by atoms with Crippen LogP contribution >= 0.6 is 0 Å². The van der Waals surface area contributed by atoms with Gasteiger partial charge in [0.05, 0.1) is 18.7 Å². The van der Waals surface area contributed by atoms with Crippen LogP contribution in [0.3, 0.4) is 0 Å². The van der Waals surface area contributed by atoms with E-state index in [-0.39, 0.29) is 6.42 Å². The van der Waals surface area contributed by atoms with Crippen molar-refractivity contribution < 1.29 is 19.4 Å². The third kappa shape index (κ3) is 2.39. The van der Waals surface area contributed by atoms with Crippen LogP contribution in [0.5, 0.6) is 5.75 Å². The molecule has 0 atom stereocenters. The summed E-state index contributed by atoms with van der Waals surface area (Å²) in [6, 6.07) is 0. The molecule has 0 spiro atoms. The van der Waals surface area contributed by atoms with E-state index >= 15 is 0 Å². The first-order chi connectivity index (χ1) is 7.89. The summed E-state index contributed by atoms with van der Waals surface area (Å²) < 4.78 is 11.2. The van der Waals surface area contributed by atoms with Crippen LogP contribution in [-0.4, -0.2) is 21.8 Å². The van der Waals surface area contributed by atoms with Crippen molar-refractivity contribution >= 4 is 5.97 Å². The average molecular weight is 237 g/mol. The monoisotopic (exact) mass is 237 g/mol. The van der Waals surface area contributed by atoms with Crippen molar-refractivity contribution in [3.63, 3.8) is 0 Å². The number of carbonyl (C=O) groups is 1. The summed E-state index contributed by atoms with van der Waals surface area (Å²) >= 11 is 0. The molecule has 0 aromatic carbocycles. The van der Waals surface area contributed by atoms with E-state index in [9.17, 15) is 4.79 Å². The molecule has 0 bridgehead atoms. The minimum Gasteiger partial charge on any atom is -0.481 e. The highest BCUT2D eigenvalue weighted by Gasteiger charge is 2.30. The summed E-state index contributed by atoms with van der Waals surface area (Å²) in [5.41, 5.74) is 2.19. The standard InChI is InChI=1S/C12H15NO4/c1-7-11-9(6-16-12(2,3)17-11)8(5-13-7)4-10(14)15/h5H,4,6H2,1-3H3,(H,14,15). The molecule has 1 N–H and O–H groups in total. The highest BCUT2D eigenvalue weighted by Crippen LogP contribution is 2.35.